The summed E-state index contributed by atoms with van der Waals surface area (Å²) >= 11 is 0. The zero-order valence-electron chi connectivity index (χ0n) is 17.9. The molecular formula is C24H24N4O4. The van der Waals surface area contributed by atoms with Crippen molar-refractivity contribution in [2.24, 2.45) is 5.92 Å². The monoisotopic (exact) mass is 432 g/mol. The molecule has 0 aliphatic carbocycles. The van der Waals surface area contributed by atoms with E-state index in [1.54, 1.807) is 21.9 Å². The number of hydrogen-bond donors (Lipinski definition) is 1. The first-order valence-electron chi connectivity index (χ1n) is 10.8. The first-order valence-corrected chi connectivity index (χ1v) is 10.8. The fourth-order valence-electron chi connectivity index (χ4n) is 5.04. The molecule has 0 saturated carbocycles. The number of nitro groups is 1. The van der Waals surface area contributed by atoms with Crippen molar-refractivity contribution in [3.8, 4) is 0 Å². The average molecular weight is 432 g/mol. The fraction of sp³-hybridized carbons (Fsp3) is 0.333. The van der Waals surface area contributed by atoms with Crippen LogP contribution in [-0.4, -0.2) is 50.7 Å². The minimum absolute atomic E-state index is 0.0119. The van der Waals surface area contributed by atoms with Gasteiger partial charge in [-0.1, -0.05) is 32.0 Å². The summed E-state index contributed by atoms with van der Waals surface area (Å²) in [5, 5.41) is 12.2. The van der Waals surface area contributed by atoms with Crippen LogP contribution in [0, 0.1) is 16.0 Å². The number of nitrogens with zero attached hydrogens (tertiary/aromatic N) is 3. The maximum atomic E-state index is 13.5. The Labute approximate surface area is 185 Å². The molecule has 3 aromatic rings. The normalized spacial score (nSPS) is 20.6. The van der Waals surface area contributed by atoms with Crippen molar-refractivity contribution in [3.63, 3.8) is 0 Å². The summed E-state index contributed by atoms with van der Waals surface area (Å²) in [6.07, 6.45) is 0.446. The standard InChI is InChI=1S/C24H24N4O4/c1-14(2)12-26-13-21(29)27-20(24(26)30)11-18-17-5-3-4-6-19(17)25-22(18)23(27)15-7-9-16(10-8-15)28(31)32/h3-10,14,20,23,25H,11-13H2,1-2H3/t20-,23-/m1/s1. The van der Waals surface area contributed by atoms with Gasteiger partial charge < -0.3 is 14.8 Å². The molecule has 2 aromatic carbocycles. The van der Waals surface area contributed by atoms with Gasteiger partial charge in [0.2, 0.25) is 11.8 Å². The van der Waals surface area contributed by atoms with Crippen LogP contribution in [0.5, 0.6) is 0 Å². The van der Waals surface area contributed by atoms with E-state index in [0.717, 1.165) is 27.7 Å². The van der Waals surface area contributed by atoms with Gasteiger partial charge in [0.1, 0.15) is 6.04 Å². The average Bonchev–Trinajstić information content (AvgIpc) is 3.14. The molecule has 164 valence electrons. The molecule has 1 N–H and O–H groups in total. The van der Waals surface area contributed by atoms with Crippen molar-refractivity contribution in [2.75, 3.05) is 13.1 Å². The lowest BCUT2D eigenvalue weighted by molar-refractivity contribution is -0.384. The van der Waals surface area contributed by atoms with Crippen LogP contribution >= 0.6 is 0 Å². The first-order chi connectivity index (χ1) is 15.3. The smallest absolute Gasteiger partial charge is 0.269 e. The molecule has 3 heterocycles. The lowest BCUT2D eigenvalue weighted by Gasteiger charge is -2.47. The number of carbonyl (C=O) groups is 2. The van der Waals surface area contributed by atoms with Gasteiger partial charge in [0.05, 0.1) is 17.5 Å². The number of para-hydroxylation sites is 1. The second kappa shape index (κ2) is 7.47. The van der Waals surface area contributed by atoms with Crippen LogP contribution < -0.4 is 0 Å². The predicted octanol–water partition coefficient (Wildman–Crippen LogP) is 3.42. The van der Waals surface area contributed by atoms with Gasteiger partial charge in [-0.25, -0.2) is 0 Å². The van der Waals surface area contributed by atoms with E-state index in [0.29, 0.717) is 13.0 Å². The second-order valence-electron chi connectivity index (χ2n) is 8.95. The molecular weight excluding hydrogens is 408 g/mol. The minimum atomic E-state index is -0.595. The summed E-state index contributed by atoms with van der Waals surface area (Å²) in [7, 11) is 0. The Kier molecular flexibility index (Phi) is 4.73. The molecule has 32 heavy (non-hydrogen) atoms. The van der Waals surface area contributed by atoms with E-state index in [-0.39, 0.29) is 30.0 Å². The van der Waals surface area contributed by atoms with Crippen LogP contribution in [-0.2, 0) is 16.0 Å². The van der Waals surface area contributed by atoms with Gasteiger partial charge in [-0.05, 0) is 35.2 Å². The number of nitro benzene ring substituents is 1. The Morgan fingerprint density at radius 2 is 1.84 bits per heavy atom. The molecule has 0 unspecified atom stereocenters. The summed E-state index contributed by atoms with van der Waals surface area (Å²) in [5.41, 5.74) is 3.57. The number of amides is 2. The van der Waals surface area contributed by atoms with Gasteiger partial charge in [0, 0.05) is 41.7 Å². The molecule has 2 atom stereocenters. The van der Waals surface area contributed by atoms with Crippen LogP contribution in [0.3, 0.4) is 0 Å². The molecule has 2 amide bonds. The number of H-pyrrole nitrogens is 1. The van der Waals surface area contributed by atoms with Crippen molar-refractivity contribution in [1.82, 2.24) is 14.8 Å². The van der Waals surface area contributed by atoms with Crippen molar-refractivity contribution in [1.29, 1.82) is 0 Å². The van der Waals surface area contributed by atoms with Gasteiger partial charge in [-0.3, -0.25) is 19.7 Å². The highest BCUT2D eigenvalue weighted by Gasteiger charge is 2.48. The minimum Gasteiger partial charge on any atom is -0.356 e. The van der Waals surface area contributed by atoms with E-state index in [1.807, 2.05) is 38.1 Å². The Morgan fingerprint density at radius 3 is 2.53 bits per heavy atom. The number of piperazine rings is 1. The molecule has 1 saturated heterocycles. The number of benzene rings is 2. The van der Waals surface area contributed by atoms with Gasteiger partial charge >= 0.3 is 0 Å². The van der Waals surface area contributed by atoms with Gasteiger partial charge in [-0.2, -0.15) is 0 Å². The third kappa shape index (κ3) is 3.14. The number of fused-ring (bicyclic) bond motifs is 4. The third-order valence-electron chi connectivity index (χ3n) is 6.35. The van der Waals surface area contributed by atoms with E-state index in [2.05, 4.69) is 4.98 Å². The number of non-ortho nitro benzene ring substituents is 1. The molecule has 0 bridgehead atoms. The molecule has 0 spiro atoms. The lowest BCUT2D eigenvalue weighted by atomic mass is 9.86. The number of rotatable bonds is 4. The highest BCUT2D eigenvalue weighted by atomic mass is 16.6. The molecule has 1 fully saturated rings. The Hall–Kier alpha value is -3.68. The fourth-order valence-corrected chi connectivity index (χ4v) is 5.04. The van der Waals surface area contributed by atoms with Crippen molar-refractivity contribution in [2.45, 2.75) is 32.4 Å². The maximum absolute atomic E-state index is 13.5. The Balaban J connectivity index is 1.66. The van der Waals surface area contributed by atoms with E-state index < -0.39 is 17.0 Å². The highest BCUT2D eigenvalue weighted by Crippen LogP contribution is 2.42. The molecule has 2 aliphatic rings. The topological polar surface area (TPSA) is 99.5 Å². The van der Waals surface area contributed by atoms with E-state index in [1.165, 1.54) is 12.1 Å². The molecule has 8 heteroatoms. The van der Waals surface area contributed by atoms with E-state index >= 15 is 0 Å². The molecule has 8 nitrogen and oxygen atoms in total. The van der Waals surface area contributed by atoms with Gasteiger partial charge in [0.15, 0.2) is 0 Å². The van der Waals surface area contributed by atoms with Crippen molar-refractivity contribution in [3.05, 3.63) is 75.5 Å². The third-order valence-corrected chi connectivity index (χ3v) is 6.35. The predicted molar refractivity (Wildman–Crippen MR) is 119 cm³/mol. The summed E-state index contributed by atoms with van der Waals surface area (Å²) in [6.45, 7) is 4.65. The number of aromatic amines is 1. The number of aromatic nitrogens is 1. The first kappa shape index (κ1) is 20.2. The quantitative estimate of drug-likeness (QED) is 0.504. The van der Waals surface area contributed by atoms with Crippen LogP contribution in [0.2, 0.25) is 0 Å². The van der Waals surface area contributed by atoms with E-state index in [4.69, 9.17) is 0 Å². The van der Waals surface area contributed by atoms with E-state index in [9.17, 15) is 19.7 Å². The molecule has 0 radical (unpaired) electrons. The Morgan fingerprint density at radius 1 is 1.12 bits per heavy atom. The molecule has 1 aromatic heterocycles. The van der Waals surface area contributed by atoms with Crippen LogP contribution in [0.1, 0.15) is 36.7 Å². The van der Waals surface area contributed by atoms with Gasteiger partial charge in [0.25, 0.3) is 5.69 Å². The van der Waals surface area contributed by atoms with Gasteiger partial charge in [-0.15, -0.1) is 0 Å². The summed E-state index contributed by atoms with van der Waals surface area (Å²) in [4.78, 5) is 44.3. The molecule has 2 aliphatic heterocycles. The number of nitrogens with one attached hydrogen (secondary N) is 1. The van der Waals surface area contributed by atoms with Crippen LogP contribution in [0.4, 0.5) is 5.69 Å². The Bertz CT molecular complexity index is 1230. The van der Waals surface area contributed by atoms with Crippen molar-refractivity contribution >= 4 is 28.4 Å². The largest absolute Gasteiger partial charge is 0.356 e. The summed E-state index contributed by atoms with van der Waals surface area (Å²) < 4.78 is 0. The van der Waals surface area contributed by atoms with Crippen LogP contribution in [0.15, 0.2) is 48.5 Å². The molecule has 5 rings (SSSR count). The second-order valence-corrected chi connectivity index (χ2v) is 8.95. The number of carbonyl (C=O) groups excluding carboxylic acids is 2. The number of hydrogen-bond acceptors (Lipinski definition) is 4. The zero-order valence-corrected chi connectivity index (χ0v) is 17.9. The highest BCUT2D eigenvalue weighted by molar-refractivity contribution is 5.97. The van der Waals surface area contributed by atoms with Crippen LogP contribution in [0.25, 0.3) is 10.9 Å². The van der Waals surface area contributed by atoms with Crippen molar-refractivity contribution < 1.29 is 14.5 Å². The maximum Gasteiger partial charge on any atom is 0.269 e. The summed E-state index contributed by atoms with van der Waals surface area (Å²) in [5.74, 6) is 0.111. The summed E-state index contributed by atoms with van der Waals surface area (Å²) in [6, 6.07) is 13.1. The zero-order chi connectivity index (χ0) is 22.6. The lowest BCUT2D eigenvalue weighted by Crippen LogP contribution is -2.63. The SMILES string of the molecule is CC(C)CN1CC(=O)N2[C@H](c3ccc([N+](=O)[O-])cc3)c3[nH]c4ccccc4c3C[C@@H]2C1=O.